The lowest BCUT2D eigenvalue weighted by Gasteiger charge is -2.32. The standard InChI is InChI=1S/C15H24Cl2N4O2S/c1-19-8-10-21(11-9-19)24(22,23)13-2-3-15(14(18)12-13)20(6-4-16)7-5-17/h2-3,12H,4-11,18H2,1H3. The Bertz CT molecular complexity index is 643. The Hall–Kier alpha value is -0.730. The number of nitrogens with zero attached hydrogens (tertiary/aromatic N) is 3. The van der Waals surface area contributed by atoms with Crippen molar-refractivity contribution in [1.82, 2.24) is 9.21 Å². The summed E-state index contributed by atoms with van der Waals surface area (Å²) in [5.41, 5.74) is 7.29. The maximum absolute atomic E-state index is 12.8. The lowest BCUT2D eigenvalue weighted by Crippen LogP contribution is -2.47. The van der Waals surface area contributed by atoms with E-state index in [0.717, 1.165) is 18.8 Å². The summed E-state index contributed by atoms with van der Waals surface area (Å²) in [4.78, 5) is 4.30. The molecule has 2 N–H and O–H groups in total. The molecule has 6 nitrogen and oxygen atoms in total. The van der Waals surface area contributed by atoms with Gasteiger partial charge in [0.2, 0.25) is 10.0 Å². The van der Waals surface area contributed by atoms with Gasteiger partial charge in [-0.3, -0.25) is 0 Å². The molecule has 0 saturated carbocycles. The molecule has 1 aliphatic rings. The van der Waals surface area contributed by atoms with Crippen LogP contribution in [0.25, 0.3) is 0 Å². The van der Waals surface area contributed by atoms with Crippen LogP contribution in [0.5, 0.6) is 0 Å². The first-order chi connectivity index (χ1) is 11.4. The molecule has 0 unspecified atom stereocenters. The molecule has 0 amide bonds. The van der Waals surface area contributed by atoms with Gasteiger partial charge >= 0.3 is 0 Å². The zero-order valence-electron chi connectivity index (χ0n) is 13.8. The Morgan fingerprint density at radius 1 is 1.12 bits per heavy atom. The number of piperazine rings is 1. The maximum Gasteiger partial charge on any atom is 0.243 e. The molecule has 0 bridgehead atoms. The fraction of sp³-hybridized carbons (Fsp3) is 0.600. The average molecular weight is 395 g/mol. The number of nitrogens with two attached hydrogens (primary N) is 1. The van der Waals surface area contributed by atoms with E-state index in [9.17, 15) is 8.42 Å². The van der Waals surface area contributed by atoms with Crippen molar-refractivity contribution in [1.29, 1.82) is 0 Å². The number of halogens is 2. The zero-order chi connectivity index (χ0) is 17.7. The van der Waals surface area contributed by atoms with E-state index in [2.05, 4.69) is 4.90 Å². The van der Waals surface area contributed by atoms with Crippen molar-refractivity contribution in [3.05, 3.63) is 18.2 Å². The second-order valence-electron chi connectivity index (χ2n) is 5.79. The molecule has 2 rings (SSSR count). The predicted molar refractivity (Wildman–Crippen MR) is 101 cm³/mol. The van der Waals surface area contributed by atoms with Crippen LogP contribution in [-0.4, -0.2) is 75.7 Å². The van der Waals surface area contributed by atoms with Crippen LogP contribution >= 0.6 is 23.2 Å². The molecule has 0 aliphatic carbocycles. The largest absolute Gasteiger partial charge is 0.397 e. The molecule has 136 valence electrons. The molecule has 1 saturated heterocycles. The lowest BCUT2D eigenvalue weighted by molar-refractivity contribution is 0.222. The molecule has 24 heavy (non-hydrogen) atoms. The van der Waals surface area contributed by atoms with E-state index in [0.29, 0.717) is 43.6 Å². The van der Waals surface area contributed by atoms with E-state index < -0.39 is 10.0 Å². The van der Waals surface area contributed by atoms with Crippen molar-refractivity contribution >= 4 is 44.6 Å². The van der Waals surface area contributed by atoms with Crippen molar-refractivity contribution in [2.45, 2.75) is 4.90 Å². The van der Waals surface area contributed by atoms with Gasteiger partial charge in [0.15, 0.2) is 0 Å². The summed E-state index contributed by atoms with van der Waals surface area (Å²) in [5.74, 6) is 0.884. The number of likely N-dealkylation sites (N-methyl/N-ethyl adjacent to an activating group) is 1. The quantitative estimate of drug-likeness (QED) is 0.560. The van der Waals surface area contributed by atoms with E-state index in [-0.39, 0.29) is 4.90 Å². The Balaban J connectivity index is 2.24. The Kier molecular flexibility index (Phi) is 7.00. The number of hydrogen-bond acceptors (Lipinski definition) is 5. The van der Waals surface area contributed by atoms with E-state index >= 15 is 0 Å². The highest BCUT2D eigenvalue weighted by molar-refractivity contribution is 7.89. The SMILES string of the molecule is CN1CCN(S(=O)(=O)c2ccc(N(CCCl)CCCl)c(N)c2)CC1. The first kappa shape index (κ1) is 19.6. The van der Waals surface area contributed by atoms with Crippen LogP contribution in [0.1, 0.15) is 0 Å². The summed E-state index contributed by atoms with van der Waals surface area (Å²) in [7, 11) is -1.53. The van der Waals surface area contributed by atoms with Gasteiger partial charge in [-0.15, -0.1) is 23.2 Å². The fourth-order valence-corrected chi connectivity index (χ4v) is 4.58. The van der Waals surface area contributed by atoms with E-state index in [1.54, 1.807) is 12.1 Å². The van der Waals surface area contributed by atoms with E-state index in [4.69, 9.17) is 28.9 Å². The number of alkyl halides is 2. The van der Waals surface area contributed by atoms with E-state index in [1.807, 2.05) is 11.9 Å². The third kappa shape index (κ3) is 4.46. The topological polar surface area (TPSA) is 69.9 Å². The molecule has 0 aromatic heterocycles. The molecule has 1 aliphatic heterocycles. The second kappa shape index (κ2) is 8.58. The van der Waals surface area contributed by atoms with Crippen LogP contribution in [0, 0.1) is 0 Å². The van der Waals surface area contributed by atoms with Crippen LogP contribution in [0.4, 0.5) is 11.4 Å². The van der Waals surface area contributed by atoms with Gasteiger partial charge in [-0.05, 0) is 25.2 Å². The average Bonchev–Trinajstić information content (AvgIpc) is 2.55. The highest BCUT2D eigenvalue weighted by atomic mass is 35.5. The van der Waals surface area contributed by atoms with Gasteiger partial charge in [0.1, 0.15) is 0 Å². The molecular formula is C15H24Cl2N4O2S. The van der Waals surface area contributed by atoms with Gasteiger partial charge in [-0.25, -0.2) is 8.42 Å². The third-order valence-electron chi connectivity index (χ3n) is 4.15. The Morgan fingerprint density at radius 3 is 2.21 bits per heavy atom. The van der Waals surface area contributed by atoms with Gasteiger partial charge in [0.05, 0.1) is 16.3 Å². The maximum atomic E-state index is 12.8. The molecular weight excluding hydrogens is 371 g/mol. The molecule has 9 heteroatoms. The molecule has 0 spiro atoms. The number of hydrogen-bond donors (Lipinski definition) is 1. The summed E-state index contributed by atoms with van der Waals surface area (Å²) in [6, 6.07) is 4.87. The molecule has 0 radical (unpaired) electrons. The Morgan fingerprint density at radius 2 is 1.71 bits per heavy atom. The van der Waals surface area contributed by atoms with Crippen LogP contribution in [0.15, 0.2) is 23.1 Å². The van der Waals surface area contributed by atoms with Gasteiger partial charge in [0.25, 0.3) is 0 Å². The van der Waals surface area contributed by atoms with Crippen LogP contribution in [0.3, 0.4) is 0 Å². The second-order valence-corrected chi connectivity index (χ2v) is 8.49. The van der Waals surface area contributed by atoms with Crippen molar-refractivity contribution in [3.63, 3.8) is 0 Å². The monoisotopic (exact) mass is 394 g/mol. The van der Waals surface area contributed by atoms with Crippen molar-refractivity contribution < 1.29 is 8.42 Å². The normalized spacial score (nSPS) is 17.1. The van der Waals surface area contributed by atoms with Gasteiger partial charge in [0, 0.05) is 51.0 Å². The van der Waals surface area contributed by atoms with E-state index in [1.165, 1.54) is 10.4 Å². The highest BCUT2D eigenvalue weighted by Crippen LogP contribution is 2.28. The van der Waals surface area contributed by atoms with Crippen molar-refractivity contribution in [2.24, 2.45) is 0 Å². The van der Waals surface area contributed by atoms with Gasteiger partial charge in [-0.2, -0.15) is 4.31 Å². The first-order valence-electron chi connectivity index (χ1n) is 7.85. The summed E-state index contributed by atoms with van der Waals surface area (Å²) in [6.45, 7) is 3.64. The minimum atomic E-state index is -3.52. The number of rotatable bonds is 7. The number of sulfonamides is 1. The Labute approximate surface area is 154 Å². The molecule has 0 atom stereocenters. The minimum absolute atomic E-state index is 0.227. The summed E-state index contributed by atoms with van der Waals surface area (Å²) in [5, 5.41) is 0. The first-order valence-corrected chi connectivity index (χ1v) is 10.4. The van der Waals surface area contributed by atoms with Crippen LogP contribution < -0.4 is 10.6 Å². The van der Waals surface area contributed by atoms with Crippen LogP contribution in [0.2, 0.25) is 0 Å². The van der Waals surface area contributed by atoms with Crippen molar-refractivity contribution in [3.8, 4) is 0 Å². The molecule has 1 heterocycles. The van der Waals surface area contributed by atoms with Gasteiger partial charge in [-0.1, -0.05) is 0 Å². The van der Waals surface area contributed by atoms with Crippen LogP contribution in [-0.2, 0) is 10.0 Å². The predicted octanol–water partition coefficient (Wildman–Crippen LogP) is 1.49. The zero-order valence-corrected chi connectivity index (χ0v) is 16.1. The lowest BCUT2D eigenvalue weighted by atomic mass is 10.2. The fourth-order valence-electron chi connectivity index (χ4n) is 2.72. The van der Waals surface area contributed by atoms with Gasteiger partial charge < -0.3 is 15.5 Å². The van der Waals surface area contributed by atoms with Crippen molar-refractivity contribution in [2.75, 3.05) is 68.7 Å². The molecule has 1 aromatic carbocycles. The smallest absolute Gasteiger partial charge is 0.243 e. The summed E-state index contributed by atoms with van der Waals surface area (Å²) in [6.07, 6.45) is 0. The summed E-state index contributed by atoms with van der Waals surface area (Å²) >= 11 is 11.6. The molecule has 1 aromatic rings. The number of nitrogen functional groups attached to an aromatic ring is 1. The number of benzene rings is 1. The highest BCUT2D eigenvalue weighted by Gasteiger charge is 2.28. The third-order valence-corrected chi connectivity index (χ3v) is 6.38. The molecule has 1 fully saturated rings. The number of anilines is 2. The summed E-state index contributed by atoms with van der Waals surface area (Å²) < 4.78 is 27.1. The minimum Gasteiger partial charge on any atom is -0.397 e.